The molecular formula is C3H6ClNaO2. The van der Waals surface area contributed by atoms with Crippen LogP contribution in [0.1, 0.15) is 1.43 Å². The summed E-state index contributed by atoms with van der Waals surface area (Å²) in [4.78, 5) is 9.25. The van der Waals surface area contributed by atoms with Crippen molar-refractivity contribution in [1.29, 1.82) is 0 Å². The maximum Gasteiger partial charge on any atom is 1.00 e. The maximum absolute atomic E-state index is 9.25. The van der Waals surface area contributed by atoms with Crippen molar-refractivity contribution in [2.24, 2.45) is 0 Å². The van der Waals surface area contributed by atoms with Gasteiger partial charge in [-0.25, -0.2) is 4.79 Å². The Morgan fingerprint density at radius 3 is 2.00 bits per heavy atom. The summed E-state index contributed by atoms with van der Waals surface area (Å²) < 4.78 is 0. The zero-order valence-electron chi connectivity index (χ0n) is 5.05. The molecule has 4 heteroatoms. The minimum atomic E-state index is -0.981. The minimum Gasteiger partial charge on any atom is -1.00 e. The van der Waals surface area contributed by atoms with Gasteiger partial charge in [-0.3, -0.25) is 0 Å². The number of hydrogen-bond acceptors (Lipinski definition) is 1. The Kier molecular flexibility index (Phi) is 21.7. The molecule has 0 aromatic rings. The van der Waals surface area contributed by atoms with E-state index in [0.29, 0.717) is 0 Å². The largest absolute Gasteiger partial charge is 1.00 e. The van der Waals surface area contributed by atoms with E-state index in [4.69, 9.17) is 5.11 Å². The third-order valence-electron chi connectivity index (χ3n) is 0.175. The Bertz CT molecular complexity index is 68.3. The van der Waals surface area contributed by atoms with Gasteiger partial charge in [0.15, 0.2) is 0 Å². The third kappa shape index (κ3) is 21.1. The van der Waals surface area contributed by atoms with E-state index in [1.54, 1.807) is 0 Å². The van der Waals surface area contributed by atoms with Crippen molar-refractivity contribution in [2.75, 3.05) is 0 Å². The fraction of sp³-hybridized carbons (Fsp3) is 0. The number of hydrogen-bond donors (Lipinski definition) is 1. The van der Waals surface area contributed by atoms with Gasteiger partial charge in [0.2, 0.25) is 0 Å². The van der Waals surface area contributed by atoms with Crippen LogP contribution < -0.4 is 29.6 Å². The molecule has 0 bridgehead atoms. The van der Waals surface area contributed by atoms with E-state index in [-0.39, 0.29) is 43.4 Å². The topological polar surface area (TPSA) is 37.3 Å². The summed E-state index contributed by atoms with van der Waals surface area (Å²) in [5.74, 6) is -0.981. The summed E-state index contributed by atoms with van der Waals surface area (Å²) >= 11 is 0. The Morgan fingerprint density at radius 2 is 2.00 bits per heavy atom. The molecule has 0 atom stereocenters. The normalized spacial score (nSPS) is 4.57. The molecule has 0 saturated carbocycles. The van der Waals surface area contributed by atoms with Crippen LogP contribution in [0.15, 0.2) is 12.7 Å². The van der Waals surface area contributed by atoms with Gasteiger partial charge >= 0.3 is 35.5 Å². The predicted octanol–water partition coefficient (Wildman–Crippen LogP) is -2.20. The Morgan fingerprint density at radius 1 is 1.86 bits per heavy atom. The van der Waals surface area contributed by atoms with Gasteiger partial charge in [0.25, 0.3) is 0 Å². The van der Waals surface area contributed by atoms with Gasteiger partial charge in [-0.15, -0.1) is 12.4 Å². The molecule has 0 aromatic heterocycles. The van der Waals surface area contributed by atoms with Gasteiger partial charge in [-0.1, -0.05) is 6.58 Å². The van der Waals surface area contributed by atoms with Gasteiger partial charge in [0, 0.05) is 6.08 Å². The third-order valence-corrected chi connectivity index (χ3v) is 0.175. The van der Waals surface area contributed by atoms with Gasteiger partial charge in [0.05, 0.1) is 0 Å². The number of carboxylic acid groups (broad SMARTS) is 1. The number of carboxylic acids is 1. The molecule has 0 aromatic carbocycles. The molecule has 0 radical (unpaired) electrons. The summed E-state index contributed by atoms with van der Waals surface area (Å²) in [5, 5.41) is 7.60. The van der Waals surface area contributed by atoms with Crippen LogP contribution >= 0.6 is 12.4 Å². The predicted molar refractivity (Wildman–Crippen MR) is 26.2 cm³/mol. The molecule has 7 heavy (non-hydrogen) atoms. The van der Waals surface area contributed by atoms with Crippen molar-refractivity contribution in [3.05, 3.63) is 12.7 Å². The molecule has 0 amide bonds. The van der Waals surface area contributed by atoms with Crippen molar-refractivity contribution >= 4 is 18.4 Å². The Hall–Kier alpha value is 0.500. The van der Waals surface area contributed by atoms with Gasteiger partial charge < -0.3 is 6.53 Å². The zero-order chi connectivity index (χ0) is 4.28. The van der Waals surface area contributed by atoms with Crippen LogP contribution in [0, 0.1) is 0 Å². The molecule has 0 saturated heterocycles. The van der Waals surface area contributed by atoms with E-state index in [1.165, 1.54) is 0 Å². The monoisotopic (exact) mass is 132 g/mol. The van der Waals surface area contributed by atoms with E-state index >= 15 is 0 Å². The van der Waals surface area contributed by atoms with Crippen LogP contribution in [-0.4, -0.2) is 11.1 Å². The van der Waals surface area contributed by atoms with Crippen LogP contribution in [0.3, 0.4) is 0 Å². The second kappa shape index (κ2) is 9.71. The summed E-state index contributed by atoms with van der Waals surface area (Å²) in [6.07, 6.45) is 0.833. The number of aliphatic carboxylic acids is 1. The molecule has 1 N–H and O–H groups in total. The first-order valence-corrected chi connectivity index (χ1v) is 1.12. The minimum absolute atomic E-state index is 0. The van der Waals surface area contributed by atoms with Gasteiger partial charge in [0.1, 0.15) is 0 Å². The van der Waals surface area contributed by atoms with Crippen LogP contribution in [0.25, 0.3) is 0 Å². The van der Waals surface area contributed by atoms with Crippen molar-refractivity contribution in [1.82, 2.24) is 0 Å². The molecule has 0 rings (SSSR count). The van der Waals surface area contributed by atoms with Crippen molar-refractivity contribution in [2.45, 2.75) is 0 Å². The Labute approximate surface area is 71.8 Å². The van der Waals surface area contributed by atoms with Crippen LogP contribution in [-0.2, 0) is 4.79 Å². The standard InChI is InChI=1S/C3H4O2.ClH.Na.H/c1-2-3(4)5;;;/h2H,1H2,(H,4,5);1H;;/q;;+1;-1. The number of halogens is 1. The first-order valence-electron chi connectivity index (χ1n) is 1.12. The maximum atomic E-state index is 9.25. The summed E-state index contributed by atoms with van der Waals surface area (Å²) in [6, 6.07) is 0. The molecule has 38 valence electrons. The average Bonchev–Trinajstić information content (AvgIpc) is 1.38. The van der Waals surface area contributed by atoms with Crippen LogP contribution in [0.5, 0.6) is 0 Å². The summed E-state index contributed by atoms with van der Waals surface area (Å²) in [6.45, 7) is 2.96. The number of rotatable bonds is 1. The second-order valence-corrected chi connectivity index (χ2v) is 0.542. The fourth-order valence-electron chi connectivity index (χ4n) is 0. The van der Waals surface area contributed by atoms with Gasteiger partial charge in [-0.2, -0.15) is 0 Å². The van der Waals surface area contributed by atoms with E-state index in [1.807, 2.05) is 0 Å². The molecule has 0 aliphatic heterocycles. The SMILES string of the molecule is C=CC(=O)O.Cl.[H-].[Na+]. The zero-order valence-corrected chi connectivity index (χ0v) is 6.86. The molecular weight excluding hydrogens is 126 g/mol. The van der Waals surface area contributed by atoms with E-state index in [2.05, 4.69) is 6.58 Å². The molecule has 0 unspecified atom stereocenters. The van der Waals surface area contributed by atoms with E-state index in [0.717, 1.165) is 6.08 Å². The molecule has 0 fully saturated rings. The van der Waals surface area contributed by atoms with Crippen molar-refractivity contribution in [3.8, 4) is 0 Å². The smallest absolute Gasteiger partial charge is 1.00 e. The van der Waals surface area contributed by atoms with Crippen molar-refractivity contribution in [3.63, 3.8) is 0 Å². The molecule has 0 aliphatic carbocycles. The average molecular weight is 133 g/mol. The Balaban J connectivity index is -0.0000000267. The quantitative estimate of drug-likeness (QED) is 0.325. The van der Waals surface area contributed by atoms with Gasteiger partial charge in [-0.05, 0) is 0 Å². The summed E-state index contributed by atoms with van der Waals surface area (Å²) in [7, 11) is 0. The molecule has 0 spiro atoms. The van der Waals surface area contributed by atoms with E-state index < -0.39 is 5.97 Å². The molecule has 0 aliphatic rings. The fourth-order valence-corrected chi connectivity index (χ4v) is 0. The van der Waals surface area contributed by atoms with Crippen molar-refractivity contribution < 1.29 is 40.9 Å². The first kappa shape index (κ1) is 15.6. The molecule has 0 heterocycles. The van der Waals surface area contributed by atoms with Crippen LogP contribution in [0.2, 0.25) is 0 Å². The summed E-state index contributed by atoms with van der Waals surface area (Å²) in [5.41, 5.74) is 0. The van der Waals surface area contributed by atoms with E-state index in [9.17, 15) is 4.79 Å². The van der Waals surface area contributed by atoms with Crippen LogP contribution in [0.4, 0.5) is 0 Å². The first-order chi connectivity index (χ1) is 2.27. The molecule has 2 nitrogen and oxygen atoms in total. The number of carbonyl (C=O) groups is 1. The second-order valence-electron chi connectivity index (χ2n) is 0.542.